The Balaban J connectivity index is 3.12. The molecule has 0 radical (unpaired) electrons. The van der Waals surface area contributed by atoms with Gasteiger partial charge in [-0.25, -0.2) is 4.79 Å². The van der Waals surface area contributed by atoms with Gasteiger partial charge in [-0.3, -0.25) is 4.18 Å². The normalized spacial score (nSPS) is 13.8. The van der Waals surface area contributed by atoms with Crippen molar-refractivity contribution in [1.82, 2.24) is 0 Å². The first-order valence-electron chi connectivity index (χ1n) is 5.84. The number of esters is 1. The van der Waals surface area contributed by atoms with Gasteiger partial charge in [0.15, 0.2) is 6.10 Å². The molecule has 20 heavy (non-hydrogen) atoms. The molecule has 0 aliphatic rings. The molecule has 0 aromatic heterocycles. The lowest BCUT2D eigenvalue weighted by Gasteiger charge is -2.23. The van der Waals surface area contributed by atoms with Crippen LogP contribution in [0, 0.1) is 0 Å². The Hall–Kier alpha value is -0.920. The number of halogens is 1. The van der Waals surface area contributed by atoms with Crippen LogP contribution in [0.2, 0.25) is 0 Å². The Labute approximate surface area is 127 Å². The summed E-state index contributed by atoms with van der Waals surface area (Å²) in [6.07, 6.45) is -0.427. The van der Waals surface area contributed by atoms with Gasteiger partial charge < -0.3 is 4.74 Å². The molecule has 0 saturated carbocycles. The van der Waals surface area contributed by atoms with Crippen molar-refractivity contribution in [2.24, 2.45) is 0 Å². The Morgan fingerprint density at radius 3 is 2.35 bits per heavy atom. The number of benzene rings is 1. The largest absolute Gasteiger partial charge is 0.458 e. The van der Waals surface area contributed by atoms with Gasteiger partial charge in [-0.15, -0.1) is 0 Å². The van der Waals surface area contributed by atoms with Gasteiger partial charge in [0.25, 0.3) is 10.1 Å². The molecule has 0 amide bonds. The molecular formula is C13H17BrO5S. The van der Waals surface area contributed by atoms with Crippen molar-refractivity contribution in [3.8, 4) is 0 Å². The highest BCUT2D eigenvalue weighted by Crippen LogP contribution is 2.26. The van der Waals surface area contributed by atoms with Gasteiger partial charge in [0, 0.05) is 4.47 Å². The molecule has 1 rings (SSSR count). The molecule has 0 heterocycles. The summed E-state index contributed by atoms with van der Waals surface area (Å²) >= 11 is 3.26. The number of hydrogen-bond acceptors (Lipinski definition) is 5. The van der Waals surface area contributed by atoms with E-state index in [1.165, 1.54) is 0 Å². The van der Waals surface area contributed by atoms with E-state index in [1.807, 2.05) is 0 Å². The van der Waals surface area contributed by atoms with Crippen molar-refractivity contribution in [2.75, 3.05) is 6.26 Å². The van der Waals surface area contributed by atoms with E-state index in [-0.39, 0.29) is 0 Å². The summed E-state index contributed by atoms with van der Waals surface area (Å²) in [5.74, 6) is -0.749. The van der Waals surface area contributed by atoms with Gasteiger partial charge >= 0.3 is 5.97 Å². The summed E-state index contributed by atoms with van der Waals surface area (Å²) in [4.78, 5) is 12.1. The van der Waals surface area contributed by atoms with E-state index in [0.717, 1.165) is 6.26 Å². The summed E-state index contributed by atoms with van der Waals surface area (Å²) in [6.45, 7) is 5.09. The summed E-state index contributed by atoms with van der Waals surface area (Å²) in [5.41, 5.74) is -0.332. The number of carbonyl (C=O) groups excluding carboxylic acids is 1. The van der Waals surface area contributed by atoms with Crippen molar-refractivity contribution in [2.45, 2.75) is 32.5 Å². The lowest BCUT2D eigenvalue weighted by atomic mass is 10.1. The first-order chi connectivity index (χ1) is 8.98. The minimum Gasteiger partial charge on any atom is -0.458 e. The van der Waals surface area contributed by atoms with Crippen LogP contribution in [0.15, 0.2) is 28.7 Å². The second-order valence-electron chi connectivity index (χ2n) is 5.27. The molecule has 7 heteroatoms. The number of hydrogen-bond donors (Lipinski definition) is 0. The molecule has 0 aliphatic carbocycles. The van der Waals surface area contributed by atoms with Crippen LogP contribution in [0.4, 0.5) is 0 Å². The Morgan fingerprint density at radius 2 is 1.90 bits per heavy atom. The summed E-state index contributed by atoms with van der Waals surface area (Å²) in [7, 11) is -3.80. The van der Waals surface area contributed by atoms with Crippen LogP contribution in [0.3, 0.4) is 0 Å². The predicted molar refractivity (Wildman–Crippen MR) is 78.7 cm³/mol. The van der Waals surface area contributed by atoms with E-state index < -0.39 is 27.8 Å². The van der Waals surface area contributed by atoms with Crippen molar-refractivity contribution in [1.29, 1.82) is 0 Å². The van der Waals surface area contributed by atoms with Crippen LogP contribution in [-0.2, 0) is 23.8 Å². The average Bonchev–Trinajstić information content (AvgIpc) is 2.22. The lowest BCUT2D eigenvalue weighted by Crippen LogP contribution is -2.30. The fourth-order valence-corrected chi connectivity index (χ4v) is 2.39. The van der Waals surface area contributed by atoms with E-state index in [4.69, 9.17) is 8.92 Å². The molecule has 1 atom stereocenters. The maximum Gasteiger partial charge on any atom is 0.342 e. The van der Waals surface area contributed by atoms with E-state index >= 15 is 0 Å². The van der Waals surface area contributed by atoms with E-state index in [0.29, 0.717) is 10.0 Å². The zero-order valence-electron chi connectivity index (χ0n) is 11.7. The smallest absolute Gasteiger partial charge is 0.342 e. The minimum atomic E-state index is -3.80. The maximum atomic E-state index is 12.1. The van der Waals surface area contributed by atoms with E-state index in [9.17, 15) is 13.2 Å². The van der Waals surface area contributed by atoms with Gasteiger partial charge in [-0.1, -0.05) is 28.1 Å². The van der Waals surface area contributed by atoms with Gasteiger partial charge in [-0.2, -0.15) is 8.42 Å². The van der Waals surface area contributed by atoms with Crippen molar-refractivity contribution >= 4 is 32.0 Å². The van der Waals surface area contributed by atoms with Gasteiger partial charge in [0.1, 0.15) is 5.60 Å². The van der Waals surface area contributed by atoms with Crippen molar-refractivity contribution in [3.05, 3.63) is 34.3 Å². The molecule has 1 aromatic rings. The van der Waals surface area contributed by atoms with Crippen molar-refractivity contribution < 1.29 is 22.1 Å². The number of ether oxygens (including phenoxy) is 1. The SMILES string of the molecule is CC(C)(C)OC(=O)C(OS(C)(=O)=O)c1cccc(Br)c1. The second-order valence-corrected chi connectivity index (χ2v) is 7.79. The van der Waals surface area contributed by atoms with Gasteiger partial charge in [-0.05, 0) is 38.5 Å². The molecule has 0 N–H and O–H groups in total. The standard InChI is InChI=1S/C13H17BrO5S/c1-13(2,3)18-12(15)11(19-20(4,16)17)9-6-5-7-10(14)8-9/h5-8,11H,1-4H3. The maximum absolute atomic E-state index is 12.1. The molecule has 0 aliphatic heterocycles. The molecule has 1 aromatic carbocycles. The van der Waals surface area contributed by atoms with Crippen molar-refractivity contribution in [3.63, 3.8) is 0 Å². The monoisotopic (exact) mass is 364 g/mol. The zero-order valence-corrected chi connectivity index (χ0v) is 14.1. The third kappa shape index (κ3) is 6.02. The second kappa shape index (κ2) is 6.24. The molecule has 0 fully saturated rings. The topological polar surface area (TPSA) is 69.7 Å². The average molecular weight is 365 g/mol. The van der Waals surface area contributed by atoms with E-state index in [1.54, 1.807) is 45.0 Å². The van der Waals surface area contributed by atoms with Gasteiger partial charge in [0.2, 0.25) is 0 Å². The first kappa shape index (κ1) is 17.1. The van der Waals surface area contributed by atoms with Crippen LogP contribution in [-0.4, -0.2) is 26.2 Å². The van der Waals surface area contributed by atoms with Crippen LogP contribution in [0.1, 0.15) is 32.4 Å². The number of rotatable bonds is 4. The first-order valence-corrected chi connectivity index (χ1v) is 8.45. The van der Waals surface area contributed by atoms with Crippen LogP contribution in [0.25, 0.3) is 0 Å². The summed E-state index contributed by atoms with van der Waals surface area (Å²) < 4.78 is 33.4. The minimum absolute atomic E-state index is 0.402. The molecule has 0 bridgehead atoms. The fourth-order valence-electron chi connectivity index (χ4n) is 1.43. The summed E-state index contributed by atoms with van der Waals surface area (Å²) in [5, 5.41) is 0. The Morgan fingerprint density at radius 1 is 1.30 bits per heavy atom. The van der Waals surface area contributed by atoms with E-state index in [2.05, 4.69) is 15.9 Å². The van der Waals surface area contributed by atoms with Crippen LogP contribution >= 0.6 is 15.9 Å². The van der Waals surface area contributed by atoms with Crippen LogP contribution < -0.4 is 0 Å². The highest BCUT2D eigenvalue weighted by Gasteiger charge is 2.30. The Bertz CT molecular complexity index is 589. The Kier molecular flexibility index (Phi) is 5.34. The fraction of sp³-hybridized carbons (Fsp3) is 0.462. The molecule has 0 saturated heterocycles. The highest BCUT2D eigenvalue weighted by molar-refractivity contribution is 9.10. The predicted octanol–water partition coefficient (Wildman–Crippen LogP) is 2.81. The molecule has 0 spiro atoms. The summed E-state index contributed by atoms with van der Waals surface area (Å²) in [6, 6.07) is 6.66. The van der Waals surface area contributed by atoms with Gasteiger partial charge in [0.05, 0.1) is 6.26 Å². The molecular weight excluding hydrogens is 348 g/mol. The highest BCUT2D eigenvalue weighted by atomic mass is 79.9. The number of carbonyl (C=O) groups is 1. The zero-order chi connectivity index (χ0) is 15.6. The molecule has 1 unspecified atom stereocenters. The molecule has 112 valence electrons. The molecule has 5 nitrogen and oxygen atoms in total. The third-order valence-electron chi connectivity index (χ3n) is 2.04. The lowest BCUT2D eigenvalue weighted by molar-refractivity contribution is -0.163. The quantitative estimate of drug-likeness (QED) is 0.606. The van der Waals surface area contributed by atoms with Crippen LogP contribution in [0.5, 0.6) is 0 Å². The third-order valence-corrected chi connectivity index (χ3v) is 3.08.